The minimum atomic E-state index is -0.310. The van der Waals surface area contributed by atoms with Crippen molar-refractivity contribution in [2.24, 2.45) is 0 Å². The number of esters is 1. The van der Waals surface area contributed by atoms with Crippen LogP contribution in [0.4, 0.5) is 0 Å². The molecule has 18 heavy (non-hydrogen) atoms. The fourth-order valence-electron chi connectivity index (χ4n) is 1.94. The Balaban J connectivity index is 2.55. The first-order chi connectivity index (χ1) is 8.58. The quantitative estimate of drug-likeness (QED) is 0.558. The van der Waals surface area contributed by atoms with Gasteiger partial charge < -0.3 is 14.4 Å². The molecule has 1 saturated heterocycles. The SMILES string of the molecule is CC/C=C(/C)C(=O)N1CCOC(CC(=O)OC)C1. The number of carbonyl (C=O) groups excluding carboxylic acids is 2. The van der Waals surface area contributed by atoms with E-state index in [1.54, 1.807) is 4.90 Å². The Morgan fingerprint density at radius 2 is 2.22 bits per heavy atom. The highest BCUT2D eigenvalue weighted by Gasteiger charge is 2.26. The molecule has 0 N–H and O–H groups in total. The maximum Gasteiger partial charge on any atom is 0.308 e. The number of morpholine rings is 1. The first-order valence-corrected chi connectivity index (χ1v) is 6.23. The van der Waals surface area contributed by atoms with Crippen molar-refractivity contribution in [2.45, 2.75) is 32.8 Å². The second-order valence-electron chi connectivity index (χ2n) is 4.32. The lowest BCUT2D eigenvalue weighted by Crippen LogP contribution is -2.46. The van der Waals surface area contributed by atoms with E-state index in [0.717, 1.165) is 12.0 Å². The summed E-state index contributed by atoms with van der Waals surface area (Å²) >= 11 is 0. The lowest BCUT2D eigenvalue weighted by molar-refractivity contribution is -0.148. The Morgan fingerprint density at radius 1 is 1.50 bits per heavy atom. The molecule has 0 aliphatic carbocycles. The molecule has 5 nitrogen and oxygen atoms in total. The van der Waals surface area contributed by atoms with Gasteiger partial charge >= 0.3 is 5.97 Å². The average Bonchev–Trinajstić information content (AvgIpc) is 2.38. The van der Waals surface area contributed by atoms with Gasteiger partial charge in [0.05, 0.1) is 26.2 Å². The molecule has 0 aromatic rings. The lowest BCUT2D eigenvalue weighted by atomic mass is 10.1. The first-order valence-electron chi connectivity index (χ1n) is 6.23. The molecule has 0 bridgehead atoms. The summed E-state index contributed by atoms with van der Waals surface area (Å²) in [5.41, 5.74) is 0.746. The van der Waals surface area contributed by atoms with E-state index in [2.05, 4.69) is 4.74 Å². The van der Waals surface area contributed by atoms with Gasteiger partial charge in [0.2, 0.25) is 5.91 Å². The molecule has 5 heteroatoms. The van der Waals surface area contributed by atoms with Crippen LogP contribution in [0.2, 0.25) is 0 Å². The summed E-state index contributed by atoms with van der Waals surface area (Å²) in [4.78, 5) is 25.0. The Kier molecular flexibility index (Phi) is 5.85. The smallest absolute Gasteiger partial charge is 0.308 e. The summed E-state index contributed by atoms with van der Waals surface area (Å²) in [5.74, 6) is -0.287. The van der Waals surface area contributed by atoms with Crippen LogP contribution < -0.4 is 0 Å². The third-order valence-corrected chi connectivity index (χ3v) is 2.90. The first kappa shape index (κ1) is 14.7. The average molecular weight is 255 g/mol. The topological polar surface area (TPSA) is 55.8 Å². The van der Waals surface area contributed by atoms with Gasteiger partial charge in [-0.25, -0.2) is 0 Å². The zero-order valence-corrected chi connectivity index (χ0v) is 11.3. The maximum atomic E-state index is 12.1. The molecule has 1 heterocycles. The van der Waals surface area contributed by atoms with Crippen molar-refractivity contribution in [1.29, 1.82) is 0 Å². The molecule has 0 aromatic carbocycles. The van der Waals surface area contributed by atoms with Crippen molar-refractivity contribution < 1.29 is 19.1 Å². The van der Waals surface area contributed by atoms with Crippen molar-refractivity contribution in [3.05, 3.63) is 11.6 Å². The van der Waals surface area contributed by atoms with Gasteiger partial charge in [0.1, 0.15) is 0 Å². The van der Waals surface area contributed by atoms with E-state index in [1.807, 2.05) is 19.9 Å². The molecule has 0 spiro atoms. The van der Waals surface area contributed by atoms with Crippen LogP contribution in [0.5, 0.6) is 0 Å². The number of hydrogen-bond donors (Lipinski definition) is 0. The second-order valence-corrected chi connectivity index (χ2v) is 4.32. The molecule has 0 aromatic heterocycles. The highest BCUT2D eigenvalue weighted by Crippen LogP contribution is 2.12. The molecule has 102 valence electrons. The minimum Gasteiger partial charge on any atom is -0.469 e. The van der Waals surface area contributed by atoms with Gasteiger partial charge in [-0.2, -0.15) is 0 Å². The van der Waals surface area contributed by atoms with Crippen LogP contribution in [0.25, 0.3) is 0 Å². The van der Waals surface area contributed by atoms with Crippen LogP contribution in [0.3, 0.4) is 0 Å². The van der Waals surface area contributed by atoms with Gasteiger partial charge in [-0.15, -0.1) is 0 Å². The number of nitrogens with zero attached hydrogens (tertiary/aromatic N) is 1. The van der Waals surface area contributed by atoms with Crippen molar-refractivity contribution in [1.82, 2.24) is 4.90 Å². The standard InChI is InChI=1S/C13H21NO4/c1-4-5-10(2)13(16)14-6-7-18-11(9-14)8-12(15)17-3/h5,11H,4,6-9H2,1-3H3/b10-5-. The highest BCUT2D eigenvalue weighted by atomic mass is 16.5. The van der Waals surface area contributed by atoms with E-state index < -0.39 is 0 Å². The van der Waals surface area contributed by atoms with Crippen molar-refractivity contribution in [2.75, 3.05) is 26.8 Å². The molecule has 1 aliphatic rings. The predicted octanol–water partition coefficient (Wildman–Crippen LogP) is 1.13. The monoisotopic (exact) mass is 255 g/mol. The van der Waals surface area contributed by atoms with Crippen LogP contribution >= 0.6 is 0 Å². The molecule has 1 atom stereocenters. The number of allylic oxidation sites excluding steroid dienone is 1. The van der Waals surface area contributed by atoms with E-state index >= 15 is 0 Å². The summed E-state index contributed by atoms with van der Waals surface area (Å²) in [6.45, 7) is 5.30. The summed E-state index contributed by atoms with van der Waals surface area (Å²) in [7, 11) is 1.35. The van der Waals surface area contributed by atoms with E-state index in [9.17, 15) is 9.59 Å². The van der Waals surface area contributed by atoms with Crippen molar-refractivity contribution in [3.8, 4) is 0 Å². The maximum absolute atomic E-state index is 12.1. The Hall–Kier alpha value is -1.36. The van der Waals surface area contributed by atoms with E-state index in [1.165, 1.54) is 7.11 Å². The normalized spacial score (nSPS) is 20.7. The Morgan fingerprint density at radius 3 is 2.83 bits per heavy atom. The predicted molar refractivity (Wildman–Crippen MR) is 67.0 cm³/mol. The van der Waals surface area contributed by atoms with Crippen LogP contribution in [-0.2, 0) is 19.1 Å². The Labute approximate surface area is 108 Å². The second kappa shape index (κ2) is 7.16. The van der Waals surface area contributed by atoms with Crippen molar-refractivity contribution in [3.63, 3.8) is 0 Å². The van der Waals surface area contributed by atoms with Crippen LogP contribution in [0.1, 0.15) is 26.7 Å². The minimum absolute atomic E-state index is 0.0232. The summed E-state index contributed by atoms with van der Waals surface area (Å²) < 4.78 is 10.1. The summed E-state index contributed by atoms with van der Waals surface area (Å²) in [6, 6.07) is 0. The number of amides is 1. The van der Waals surface area contributed by atoms with Crippen LogP contribution in [0.15, 0.2) is 11.6 Å². The summed E-state index contributed by atoms with van der Waals surface area (Å²) in [5, 5.41) is 0. The van der Waals surface area contributed by atoms with Crippen molar-refractivity contribution >= 4 is 11.9 Å². The molecular formula is C13H21NO4. The third kappa shape index (κ3) is 4.14. The molecule has 0 saturated carbocycles. The van der Waals surface area contributed by atoms with Crippen LogP contribution in [-0.4, -0.2) is 49.7 Å². The highest BCUT2D eigenvalue weighted by molar-refractivity contribution is 5.92. The molecule has 1 amide bonds. The number of hydrogen-bond acceptors (Lipinski definition) is 4. The largest absolute Gasteiger partial charge is 0.469 e. The molecule has 1 rings (SSSR count). The molecular weight excluding hydrogens is 234 g/mol. The Bertz CT molecular complexity index is 338. The van der Waals surface area contributed by atoms with Gasteiger partial charge in [0.25, 0.3) is 0 Å². The number of carbonyl (C=O) groups is 2. The summed E-state index contributed by atoms with van der Waals surface area (Å²) in [6.07, 6.45) is 2.68. The van der Waals surface area contributed by atoms with Gasteiger partial charge in [0, 0.05) is 18.7 Å². The fourth-order valence-corrected chi connectivity index (χ4v) is 1.94. The molecule has 1 aliphatic heterocycles. The third-order valence-electron chi connectivity index (χ3n) is 2.90. The van der Waals surface area contributed by atoms with Gasteiger partial charge in [-0.05, 0) is 13.3 Å². The van der Waals surface area contributed by atoms with Gasteiger partial charge in [-0.1, -0.05) is 13.0 Å². The number of ether oxygens (including phenoxy) is 2. The van der Waals surface area contributed by atoms with E-state index in [0.29, 0.717) is 19.7 Å². The van der Waals surface area contributed by atoms with Gasteiger partial charge in [-0.3, -0.25) is 9.59 Å². The fraction of sp³-hybridized carbons (Fsp3) is 0.692. The molecule has 1 fully saturated rings. The zero-order chi connectivity index (χ0) is 13.5. The lowest BCUT2D eigenvalue weighted by Gasteiger charge is -2.32. The van der Waals surface area contributed by atoms with E-state index in [4.69, 9.17) is 4.74 Å². The number of rotatable bonds is 4. The molecule has 0 radical (unpaired) electrons. The number of methoxy groups -OCH3 is 1. The molecule has 1 unspecified atom stereocenters. The van der Waals surface area contributed by atoms with Crippen LogP contribution in [0, 0.1) is 0 Å². The van der Waals surface area contributed by atoms with E-state index in [-0.39, 0.29) is 24.4 Å². The van der Waals surface area contributed by atoms with Gasteiger partial charge in [0.15, 0.2) is 0 Å². The zero-order valence-electron chi connectivity index (χ0n) is 11.3.